The predicted octanol–water partition coefficient (Wildman–Crippen LogP) is 2.67. The lowest BCUT2D eigenvalue weighted by atomic mass is 9.96. The molecule has 1 unspecified atom stereocenters. The smallest absolute Gasteiger partial charge is 0.321 e. The van der Waals surface area contributed by atoms with Gasteiger partial charge in [0.25, 0.3) is 0 Å². The number of urea groups is 1. The zero-order valence-electron chi connectivity index (χ0n) is 15.4. The fraction of sp³-hybridized carbons (Fsp3) is 0.579. The normalized spacial score (nSPS) is 16.3. The van der Waals surface area contributed by atoms with Crippen LogP contribution in [-0.4, -0.2) is 43.1 Å². The van der Waals surface area contributed by atoms with Crippen LogP contribution in [0.1, 0.15) is 44.6 Å². The molecular formula is C19H29N3O3. The largest absolute Gasteiger partial charge is 0.497 e. The molecule has 0 saturated heterocycles. The van der Waals surface area contributed by atoms with Gasteiger partial charge in [0.2, 0.25) is 5.91 Å². The number of likely N-dealkylation sites (N-methyl/N-ethyl adjacent to an activating group) is 1. The minimum atomic E-state index is -0.404. The van der Waals surface area contributed by atoms with E-state index in [1.54, 1.807) is 14.0 Å². The van der Waals surface area contributed by atoms with Crippen molar-refractivity contribution in [3.05, 3.63) is 29.8 Å². The van der Waals surface area contributed by atoms with E-state index < -0.39 is 6.04 Å². The maximum absolute atomic E-state index is 12.3. The van der Waals surface area contributed by atoms with Gasteiger partial charge in [0, 0.05) is 12.6 Å². The van der Waals surface area contributed by atoms with Crippen molar-refractivity contribution in [3.8, 4) is 5.75 Å². The van der Waals surface area contributed by atoms with Crippen LogP contribution in [0.4, 0.5) is 4.79 Å². The second kappa shape index (κ2) is 9.42. The second-order valence-electron chi connectivity index (χ2n) is 6.74. The number of hydrogen-bond acceptors (Lipinski definition) is 4. The molecule has 2 rings (SSSR count). The van der Waals surface area contributed by atoms with E-state index in [9.17, 15) is 9.59 Å². The summed E-state index contributed by atoms with van der Waals surface area (Å²) in [5.74, 6) is 0.515. The van der Waals surface area contributed by atoms with Crippen molar-refractivity contribution >= 4 is 11.9 Å². The lowest BCUT2D eigenvalue weighted by molar-refractivity contribution is -0.124. The monoisotopic (exact) mass is 347 g/mol. The summed E-state index contributed by atoms with van der Waals surface area (Å²) in [6.45, 7) is 2.41. The molecule has 0 spiro atoms. The first-order valence-corrected chi connectivity index (χ1v) is 8.94. The van der Waals surface area contributed by atoms with Gasteiger partial charge in [-0.3, -0.25) is 15.0 Å². The van der Waals surface area contributed by atoms with Gasteiger partial charge in [-0.15, -0.1) is 0 Å². The van der Waals surface area contributed by atoms with Gasteiger partial charge in [0.1, 0.15) is 5.75 Å². The van der Waals surface area contributed by atoms with Crippen molar-refractivity contribution in [2.45, 2.75) is 57.7 Å². The third kappa shape index (κ3) is 6.05. The van der Waals surface area contributed by atoms with Crippen molar-refractivity contribution in [1.82, 2.24) is 15.5 Å². The highest BCUT2D eigenvalue weighted by atomic mass is 16.5. The molecule has 1 aromatic rings. The van der Waals surface area contributed by atoms with Crippen molar-refractivity contribution in [3.63, 3.8) is 0 Å². The highest BCUT2D eigenvalue weighted by Crippen LogP contribution is 2.17. The zero-order chi connectivity index (χ0) is 18.2. The van der Waals surface area contributed by atoms with E-state index in [-0.39, 0.29) is 18.0 Å². The van der Waals surface area contributed by atoms with E-state index in [0.29, 0.717) is 6.54 Å². The molecule has 6 heteroatoms. The van der Waals surface area contributed by atoms with Gasteiger partial charge in [-0.05, 0) is 44.5 Å². The predicted molar refractivity (Wildman–Crippen MR) is 97.5 cm³/mol. The van der Waals surface area contributed by atoms with Gasteiger partial charge in [0.05, 0.1) is 13.2 Å². The molecule has 1 aliphatic carbocycles. The third-order valence-electron chi connectivity index (χ3n) is 4.81. The molecule has 6 nitrogen and oxygen atoms in total. The Bertz CT molecular complexity index is 568. The Labute approximate surface area is 149 Å². The first kappa shape index (κ1) is 19.2. The van der Waals surface area contributed by atoms with E-state index in [1.165, 1.54) is 6.42 Å². The standard InChI is InChI=1S/C19H29N3O3/c1-14(22(2)13-15-9-11-17(25-3)12-10-15)18(23)21-19(24)20-16-7-5-4-6-8-16/h9-12,14,16H,4-8,13H2,1-3H3,(H2,20,21,23,24). The number of hydrogen-bond donors (Lipinski definition) is 2. The summed E-state index contributed by atoms with van der Waals surface area (Å²) in [7, 11) is 3.50. The maximum atomic E-state index is 12.3. The summed E-state index contributed by atoms with van der Waals surface area (Å²) in [6, 6.07) is 7.12. The molecule has 2 N–H and O–H groups in total. The molecule has 0 aromatic heterocycles. The number of nitrogens with zero attached hydrogens (tertiary/aromatic N) is 1. The molecule has 1 aromatic carbocycles. The molecule has 138 valence electrons. The lowest BCUT2D eigenvalue weighted by Crippen LogP contribution is -2.50. The number of carbonyl (C=O) groups excluding carboxylic acids is 2. The van der Waals surface area contributed by atoms with Gasteiger partial charge in [-0.2, -0.15) is 0 Å². The summed E-state index contributed by atoms with van der Waals surface area (Å²) in [5.41, 5.74) is 1.08. The van der Waals surface area contributed by atoms with E-state index >= 15 is 0 Å². The first-order valence-electron chi connectivity index (χ1n) is 8.94. The van der Waals surface area contributed by atoms with Gasteiger partial charge in [-0.1, -0.05) is 31.4 Å². The molecule has 0 aliphatic heterocycles. The molecule has 25 heavy (non-hydrogen) atoms. The zero-order valence-corrected chi connectivity index (χ0v) is 15.4. The van der Waals surface area contributed by atoms with Crippen LogP contribution < -0.4 is 15.4 Å². The number of ether oxygens (including phenoxy) is 1. The Morgan fingerprint density at radius 1 is 1.20 bits per heavy atom. The Hall–Kier alpha value is -2.08. The number of carbonyl (C=O) groups is 2. The fourth-order valence-electron chi connectivity index (χ4n) is 3.04. The van der Waals surface area contributed by atoms with Gasteiger partial charge < -0.3 is 10.1 Å². The molecule has 1 atom stereocenters. The van der Waals surface area contributed by atoms with Crippen LogP contribution in [0, 0.1) is 0 Å². The number of amides is 3. The number of methoxy groups -OCH3 is 1. The highest BCUT2D eigenvalue weighted by Gasteiger charge is 2.22. The number of nitrogens with one attached hydrogen (secondary N) is 2. The molecule has 1 aliphatic rings. The average molecular weight is 347 g/mol. The third-order valence-corrected chi connectivity index (χ3v) is 4.81. The van der Waals surface area contributed by atoms with E-state index in [0.717, 1.165) is 37.0 Å². The van der Waals surface area contributed by atoms with Crippen LogP contribution in [0.5, 0.6) is 5.75 Å². The molecular weight excluding hydrogens is 318 g/mol. The summed E-state index contributed by atoms with van der Waals surface area (Å²) in [6.07, 6.45) is 5.49. The first-order chi connectivity index (χ1) is 12.0. The molecule has 3 amide bonds. The quantitative estimate of drug-likeness (QED) is 0.830. The van der Waals surface area contributed by atoms with Crippen molar-refractivity contribution < 1.29 is 14.3 Å². The minimum Gasteiger partial charge on any atom is -0.497 e. The average Bonchev–Trinajstić information content (AvgIpc) is 2.62. The summed E-state index contributed by atoms with van der Waals surface area (Å²) in [4.78, 5) is 26.2. The van der Waals surface area contributed by atoms with Crippen LogP contribution in [0.2, 0.25) is 0 Å². The molecule has 0 bridgehead atoms. The second-order valence-corrected chi connectivity index (χ2v) is 6.74. The topological polar surface area (TPSA) is 70.7 Å². The fourth-order valence-corrected chi connectivity index (χ4v) is 3.04. The molecule has 0 radical (unpaired) electrons. The van der Waals surface area contributed by atoms with E-state index in [1.807, 2.05) is 36.2 Å². The number of benzene rings is 1. The van der Waals surface area contributed by atoms with Crippen molar-refractivity contribution in [1.29, 1.82) is 0 Å². The Kier molecular flexibility index (Phi) is 7.25. The van der Waals surface area contributed by atoms with Gasteiger partial charge in [-0.25, -0.2) is 4.79 Å². The van der Waals surface area contributed by atoms with E-state index in [2.05, 4.69) is 10.6 Å². The SMILES string of the molecule is COc1ccc(CN(C)C(C)C(=O)NC(=O)NC2CCCCC2)cc1. The van der Waals surface area contributed by atoms with Crippen LogP contribution in [0.3, 0.4) is 0 Å². The Balaban J connectivity index is 1.79. The van der Waals surface area contributed by atoms with Gasteiger partial charge >= 0.3 is 6.03 Å². The Morgan fingerprint density at radius 3 is 2.44 bits per heavy atom. The van der Waals surface area contributed by atoms with Crippen LogP contribution in [-0.2, 0) is 11.3 Å². The minimum absolute atomic E-state index is 0.189. The lowest BCUT2D eigenvalue weighted by Gasteiger charge is -2.25. The maximum Gasteiger partial charge on any atom is 0.321 e. The van der Waals surface area contributed by atoms with Crippen LogP contribution >= 0.6 is 0 Å². The van der Waals surface area contributed by atoms with Gasteiger partial charge in [0.15, 0.2) is 0 Å². The number of rotatable bonds is 6. The Morgan fingerprint density at radius 2 is 1.84 bits per heavy atom. The van der Waals surface area contributed by atoms with Crippen molar-refractivity contribution in [2.75, 3.05) is 14.2 Å². The van der Waals surface area contributed by atoms with Crippen LogP contribution in [0.25, 0.3) is 0 Å². The van der Waals surface area contributed by atoms with E-state index in [4.69, 9.17) is 4.74 Å². The number of imide groups is 1. The molecule has 1 fully saturated rings. The summed E-state index contributed by atoms with van der Waals surface area (Å²) in [5, 5.41) is 5.36. The molecule has 0 heterocycles. The highest BCUT2D eigenvalue weighted by molar-refractivity contribution is 5.96. The summed E-state index contributed by atoms with van der Waals surface area (Å²) < 4.78 is 5.14. The summed E-state index contributed by atoms with van der Waals surface area (Å²) >= 11 is 0. The van der Waals surface area contributed by atoms with Crippen LogP contribution in [0.15, 0.2) is 24.3 Å². The molecule has 1 saturated carbocycles. The van der Waals surface area contributed by atoms with Crippen molar-refractivity contribution in [2.24, 2.45) is 0 Å².